The van der Waals surface area contributed by atoms with Crippen molar-refractivity contribution in [3.05, 3.63) is 11.8 Å². The number of rotatable bonds is 1. The third kappa shape index (κ3) is 1.06. The summed E-state index contributed by atoms with van der Waals surface area (Å²) in [6, 6.07) is 2.01. The average molecular weight is 177 g/mol. The number of hydrogen-bond acceptors (Lipinski definition) is 2. The molecule has 3 rings (SSSR count). The van der Waals surface area contributed by atoms with Gasteiger partial charge in [0.25, 0.3) is 0 Å². The van der Waals surface area contributed by atoms with Crippen LogP contribution in [0.1, 0.15) is 37.3 Å². The molecule has 1 heterocycles. The molecule has 3 atom stereocenters. The summed E-state index contributed by atoms with van der Waals surface area (Å²) in [6.07, 6.45) is 5.65. The number of fused-ring (bicyclic) bond motifs is 2. The lowest BCUT2D eigenvalue weighted by Gasteiger charge is -2.19. The highest BCUT2D eigenvalue weighted by Crippen LogP contribution is 2.52. The van der Waals surface area contributed by atoms with Gasteiger partial charge in [0.15, 0.2) is 0 Å². The van der Waals surface area contributed by atoms with E-state index in [1.807, 2.05) is 6.07 Å². The Bertz CT molecular complexity index is 318. The monoisotopic (exact) mass is 177 g/mol. The van der Waals surface area contributed by atoms with E-state index in [4.69, 9.17) is 5.73 Å². The fourth-order valence-electron chi connectivity index (χ4n) is 3.17. The van der Waals surface area contributed by atoms with Crippen molar-refractivity contribution in [3.63, 3.8) is 0 Å². The summed E-state index contributed by atoms with van der Waals surface area (Å²) in [5, 5.41) is 7.05. The normalized spacial score (nSPS) is 37.1. The number of nitrogens with two attached hydrogens (primary N) is 1. The standard InChI is InChI=1S/C10H15N3/c11-10-5-9(12-13-10)8-4-6-1-2-7(8)3-6/h5-8H,1-4H2,(H3,11,12,13)/t6-,7+,8-/m0/s1. The molecule has 2 aliphatic carbocycles. The number of nitrogens with zero attached hydrogens (tertiary/aromatic N) is 1. The zero-order chi connectivity index (χ0) is 8.84. The molecule has 0 spiro atoms. The van der Waals surface area contributed by atoms with Gasteiger partial charge in [-0.05, 0) is 31.1 Å². The van der Waals surface area contributed by atoms with Crippen LogP contribution >= 0.6 is 0 Å². The third-order valence-electron chi connectivity index (χ3n) is 3.76. The van der Waals surface area contributed by atoms with E-state index in [2.05, 4.69) is 10.2 Å². The van der Waals surface area contributed by atoms with Gasteiger partial charge in [-0.15, -0.1) is 0 Å². The molecule has 0 aliphatic heterocycles. The van der Waals surface area contributed by atoms with Crippen LogP contribution < -0.4 is 5.73 Å². The van der Waals surface area contributed by atoms with Crippen LogP contribution in [-0.2, 0) is 0 Å². The highest BCUT2D eigenvalue weighted by Gasteiger charge is 2.40. The molecular weight excluding hydrogens is 162 g/mol. The van der Waals surface area contributed by atoms with E-state index in [1.54, 1.807) is 0 Å². The van der Waals surface area contributed by atoms with Crippen molar-refractivity contribution in [1.82, 2.24) is 10.2 Å². The summed E-state index contributed by atoms with van der Waals surface area (Å²) in [5.74, 6) is 3.26. The summed E-state index contributed by atoms with van der Waals surface area (Å²) in [7, 11) is 0. The first-order valence-corrected chi connectivity index (χ1v) is 5.13. The first kappa shape index (κ1) is 7.42. The van der Waals surface area contributed by atoms with E-state index in [1.165, 1.54) is 31.4 Å². The van der Waals surface area contributed by atoms with Gasteiger partial charge in [0, 0.05) is 17.7 Å². The van der Waals surface area contributed by atoms with E-state index in [9.17, 15) is 0 Å². The lowest BCUT2D eigenvalue weighted by atomic mass is 9.86. The van der Waals surface area contributed by atoms with Crippen molar-refractivity contribution >= 4 is 5.82 Å². The molecule has 0 unspecified atom stereocenters. The molecule has 1 aromatic heterocycles. The van der Waals surface area contributed by atoms with Crippen molar-refractivity contribution in [2.24, 2.45) is 11.8 Å². The van der Waals surface area contributed by atoms with Crippen LogP contribution in [0.2, 0.25) is 0 Å². The lowest BCUT2D eigenvalue weighted by Crippen LogP contribution is -2.08. The Labute approximate surface area is 77.7 Å². The smallest absolute Gasteiger partial charge is 0.145 e. The van der Waals surface area contributed by atoms with Gasteiger partial charge in [0.1, 0.15) is 5.82 Å². The van der Waals surface area contributed by atoms with Gasteiger partial charge in [0.2, 0.25) is 0 Å². The fraction of sp³-hybridized carbons (Fsp3) is 0.700. The van der Waals surface area contributed by atoms with Crippen molar-refractivity contribution < 1.29 is 0 Å². The summed E-state index contributed by atoms with van der Waals surface area (Å²) >= 11 is 0. The number of hydrogen-bond donors (Lipinski definition) is 2. The molecule has 2 saturated carbocycles. The van der Waals surface area contributed by atoms with Crippen molar-refractivity contribution in [2.45, 2.75) is 31.6 Å². The molecular formula is C10H15N3. The number of nitrogen functional groups attached to an aromatic ring is 1. The number of anilines is 1. The molecule has 3 heteroatoms. The minimum atomic E-state index is 0.637. The molecule has 70 valence electrons. The lowest BCUT2D eigenvalue weighted by molar-refractivity contribution is 0.413. The second kappa shape index (κ2) is 2.50. The summed E-state index contributed by atoms with van der Waals surface area (Å²) in [6.45, 7) is 0. The first-order valence-electron chi connectivity index (χ1n) is 5.13. The third-order valence-corrected chi connectivity index (χ3v) is 3.76. The van der Waals surface area contributed by atoms with Gasteiger partial charge in [-0.1, -0.05) is 6.42 Å². The fourth-order valence-corrected chi connectivity index (χ4v) is 3.17. The molecule has 0 saturated heterocycles. The second-order valence-corrected chi connectivity index (χ2v) is 4.53. The second-order valence-electron chi connectivity index (χ2n) is 4.53. The van der Waals surface area contributed by atoms with Gasteiger partial charge in [0.05, 0.1) is 0 Å². The van der Waals surface area contributed by atoms with Crippen LogP contribution in [0.3, 0.4) is 0 Å². The maximum Gasteiger partial charge on any atom is 0.145 e. The summed E-state index contributed by atoms with van der Waals surface area (Å²) in [4.78, 5) is 0. The Hall–Kier alpha value is -0.990. The highest BCUT2D eigenvalue weighted by molar-refractivity contribution is 5.31. The van der Waals surface area contributed by atoms with Crippen LogP contribution in [0.5, 0.6) is 0 Å². The maximum atomic E-state index is 5.60. The molecule has 0 aromatic carbocycles. The zero-order valence-electron chi connectivity index (χ0n) is 7.66. The molecule has 1 aromatic rings. The Balaban J connectivity index is 1.87. The molecule has 0 radical (unpaired) electrons. The number of aromatic nitrogens is 2. The Morgan fingerprint density at radius 1 is 1.38 bits per heavy atom. The van der Waals surface area contributed by atoms with Crippen LogP contribution in [0.15, 0.2) is 6.07 Å². The van der Waals surface area contributed by atoms with Crippen molar-refractivity contribution in [3.8, 4) is 0 Å². The Kier molecular flexibility index (Phi) is 1.43. The molecule has 2 bridgehead atoms. The topological polar surface area (TPSA) is 54.7 Å². The minimum Gasteiger partial charge on any atom is -0.382 e. The molecule has 3 N–H and O–H groups in total. The van der Waals surface area contributed by atoms with Crippen LogP contribution in [-0.4, -0.2) is 10.2 Å². The molecule has 2 fully saturated rings. The number of aromatic amines is 1. The predicted molar refractivity (Wildman–Crippen MR) is 51.2 cm³/mol. The van der Waals surface area contributed by atoms with Crippen molar-refractivity contribution in [2.75, 3.05) is 5.73 Å². The van der Waals surface area contributed by atoms with Gasteiger partial charge in [-0.25, -0.2) is 0 Å². The largest absolute Gasteiger partial charge is 0.382 e. The quantitative estimate of drug-likeness (QED) is 0.688. The first-order chi connectivity index (χ1) is 6.33. The number of H-pyrrole nitrogens is 1. The minimum absolute atomic E-state index is 0.637. The van der Waals surface area contributed by atoms with E-state index in [0.717, 1.165) is 17.8 Å². The Morgan fingerprint density at radius 3 is 2.85 bits per heavy atom. The molecule has 3 nitrogen and oxygen atoms in total. The van der Waals surface area contributed by atoms with E-state index in [-0.39, 0.29) is 0 Å². The average Bonchev–Trinajstić information content (AvgIpc) is 2.77. The summed E-state index contributed by atoms with van der Waals surface area (Å²) in [5.41, 5.74) is 6.87. The van der Waals surface area contributed by atoms with Crippen LogP contribution in [0.25, 0.3) is 0 Å². The van der Waals surface area contributed by atoms with E-state index in [0.29, 0.717) is 5.82 Å². The maximum absolute atomic E-state index is 5.60. The Morgan fingerprint density at radius 2 is 2.31 bits per heavy atom. The molecule has 0 amide bonds. The van der Waals surface area contributed by atoms with Gasteiger partial charge in [-0.3, -0.25) is 5.10 Å². The van der Waals surface area contributed by atoms with E-state index < -0.39 is 0 Å². The zero-order valence-corrected chi connectivity index (χ0v) is 7.66. The van der Waals surface area contributed by atoms with Crippen molar-refractivity contribution in [1.29, 1.82) is 0 Å². The van der Waals surface area contributed by atoms with E-state index >= 15 is 0 Å². The van der Waals surface area contributed by atoms with Crippen LogP contribution in [0.4, 0.5) is 5.82 Å². The predicted octanol–water partition coefficient (Wildman–Crippen LogP) is 1.90. The molecule has 13 heavy (non-hydrogen) atoms. The highest BCUT2D eigenvalue weighted by atomic mass is 15.2. The van der Waals surface area contributed by atoms with Gasteiger partial charge < -0.3 is 5.73 Å². The van der Waals surface area contributed by atoms with Gasteiger partial charge in [-0.2, -0.15) is 5.10 Å². The number of nitrogens with one attached hydrogen (secondary N) is 1. The SMILES string of the molecule is Nc1cc([C@H]2C[C@H]3CC[C@@H]2C3)[nH]n1. The van der Waals surface area contributed by atoms with Crippen LogP contribution in [0, 0.1) is 11.8 Å². The molecule has 2 aliphatic rings. The van der Waals surface area contributed by atoms with Gasteiger partial charge >= 0.3 is 0 Å². The summed E-state index contributed by atoms with van der Waals surface area (Å²) < 4.78 is 0.